The number of ether oxygens (including phenoxy) is 2. The molecule has 1 atom stereocenters. The van der Waals surface area contributed by atoms with E-state index in [4.69, 9.17) is 9.47 Å². The molecule has 3 rings (SSSR count). The molecule has 5 heteroatoms. The SMILES string of the molecule is Cc1c(O)cccc1C(=O)N(C)C[C@@H]1COc2ccccc2O1. The minimum absolute atomic E-state index is 0.121. The lowest BCUT2D eigenvalue weighted by Gasteiger charge is -2.29. The van der Waals surface area contributed by atoms with E-state index in [0.717, 1.165) is 5.75 Å². The standard InChI is InChI=1S/C18H19NO4/c1-12-14(6-5-7-15(12)20)18(21)19(2)10-13-11-22-16-8-3-4-9-17(16)23-13/h3-9,13,20H,10-11H2,1-2H3/t13-/m1/s1. The number of phenolic OH excluding ortho intramolecular Hbond substituents is 1. The van der Waals surface area contributed by atoms with E-state index < -0.39 is 0 Å². The number of benzene rings is 2. The summed E-state index contributed by atoms with van der Waals surface area (Å²) in [4.78, 5) is 14.1. The van der Waals surface area contributed by atoms with Crippen LogP contribution in [0.25, 0.3) is 0 Å². The summed E-state index contributed by atoms with van der Waals surface area (Å²) in [7, 11) is 1.72. The molecule has 5 nitrogen and oxygen atoms in total. The summed E-state index contributed by atoms with van der Waals surface area (Å²) in [5, 5.41) is 9.75. The van der Waals surface area contributed by atoms with E-state index in [2.05, 4.69) is 0 Å². The lowest BCUT2D eigenvalue weighted by atomic mass is 10.1. The van der Waals surface area contributed by atoms with Gasteiger partial charge in [0.25, 0.3) is 5.91 Å². The number of fused-ring (bicyclic) bond motifs is 1. The lowest BCUT2D eigenvalue weighted by molar-refractivity contribution is 0.0520. The number of rotatable bonds is 3. The molecule has 1 aliphatic rings. The van der Waals surface area contributed by atoms with Crippen LogP contribution in [0.5, 0.6) is 17.2 Å². The van der Waals surface area contributed by atoms with Crippen molar-refractivity contribution >= 4 is 5.91 Å². The summed E-state index contributed by atoms with van der Waals surface area (Å²) in [6, 6.07) is 12.4. The highest BCUT2D eigenvalue weighted by atomic mass is 16.6. The van der Waals surface area contributed by atoms with Gasteiger partial charge in [0.1, 0.15) is 12.4 Å². The first-order chi connectivity index (χ1) is 11.1. The van der Waals surface area contributed by atoms with Gasteiger partial charge in [-0.15, -0.1) is 0 Å². The summed E-state index contributed by atoms with van der Waals surface area (Å²) in [5.74, 6) is 1.39. The van der Waals surface area contributed by atoms with Gasteiger partial charge < -0.3 is 19.5 Å². The molecule has 0 bridgehead atoms. The molecule has 0 aromatic heterocycles. The van der Waals surface area contributed by atoms with Crippen LogP contribution in [-0.4, -0.2) is 42.2 Å². The number of carbonyl (C=O) groups is 1. The maximum Gasteiger partial charge on any atom is 0.254 e. The second-order valence-corrected chi connectivity index (χ2v) is 5.63. The number of aromatic hydroxyl groups is 1. The topological polar surface area (TPSA) is 59.0 Å². The van der Waals surface area contributed by atoms with Gasteiger partial charge in [0.15, 0.2) is 17.6 Å². The van der Waals surface area contributed by atoms with Gasteiger partial charge in [-0.05, 0) is 31.2 Å². The minimum Gasteiger partial charge on any atom is -0.508 e. The van der Waals surface area contributed by atoms with E-state index in [-0.39, 0.29) is 17.8 Å². The van der Waals surface area contributed by atoms with E-state index in [1.807, 2.05) is 24.3 Å². The first-order valence-electron chi connectivity index (χ1n) is 7.49. The van der Waals surface area contributed by atoms with Crippen molar-refractivity contribution in [2.45, 2.75) is 13.0 Å². The number of carbonyl (C=O) groups excluding carboxylic acids is 1. The van der Waals surface area contributed by atoms with E-state index in [1.165, 1.54) is 0 Å². The molecule has 0 spiro atoms. The summed E-state index contributed by atoms with van der Waals surface area (Å²) >= 11 is 0. The Bertz CT molecular complexity index is 729. The summed E-state index contributed by atoms with van der Waals surface area (Å²) < 4.78 is 11.5. The number of para-hydroxylation sites is 2. The van der Waals surface area contributed by atoms with Crippen molar-refractivity contribution < 1.29 is 19.4 Å². The third-order valence-electron chi connectivity index (χ3n) is 3.93. The highest BCUT2D eigenvalue weighted by molar-refractivity contribution is 5.96. The number of likely N-dealkylation sites (N-methyl/N-ethyl adjacent to an activating group) is 1. The molecule has 2 aromatic carbocycles. The van der Waals surface area contributed by atoms with Crippen molar-refractivity contribution in [1.82, 2.24) is 4.90 Å². The molecule has 0 fully saturated rings. The Labute approximate surface area is 135 Å². The number of hydrogen-bond acceptors (Lipinski definition) is 4. The number of phenols is 1. The second kappa shape index (κ2) is 6.20. The average molecular weight is 313 g/mol. The quantitative estimate of drug-likeness (QED) is 0.946. The third kappa shape index (κ3) is 3.08. The molecule has 1 aliphatic heterocycles. The van der Waals surface area contributed by atoms with Gasteiger partial charge in [0, 0.05) is 18.2 Å². The number of amides is 1. The van der Waals surface area contributed by atoms with E-state index in [9.17, 15) is 9.90 Å². The molecule has 2 aromatic rings. The van der Waals surface area contributed by atoms with Crippen molar-refractivity contribution in [3.05, 3.63) is 53.6 Å². The molecular weight excluding hydrogens is 294 g/mol. The molecule has 0 saturated carbocycles. The molecule has 0 unspecified atom stereocenters. The Hall–Kier alpha value is -2.69. The second-order valence-electron chi connectivity index (χ2n) is 5.63. The first-order valence-corrected chi connectivity index (χ1v) is 7.49. The van der Waals surface area contributed by atoms with E-state index >= 15 is 0 Å². The van der Waals surface area contributed by atoms with Gasteiger partial charge in [0.2, 0.25) is 0 Å². The van der Waals surface area contributed by atoms with Gasteiger partial charge in [0.05, 0.1) is 6.54 Å². The normalized spacial score (nSPS) is 16.0. The predicted octanol–water partition coefficient (Wildman–Crippen LogP) is 2.61. The maximum atomic E-state index is 12.6. The monoisotopic (exact) mass is 313 g/mol. The zero-order chi connectivity index (χ0) is 16.4. The Morgan fingerprint density at radius 2 is 1.96 bits per heavy atom. The van der Waals surface area contributed by atoms with Crippen LogP contribution in [0.1, 0.15) is 15.9 Å². The summed E-state index contributed by atoms with van der Waals surface area (Å²) in [6.07, 6.45) is -0.225. The molecule has 1 heterocycles. The van der Waals surface area contributed by atoms with Gasteiger partial charge >= 0.3 is 0 Å². The predicted molar refractivity (Wildman–Crippen MR) is 86.2 cm³/mol. The molecule has 0 radical (unpaired) electrons. The number of hydrogen-bond donors (Lipinski definition) is 1. The van der Waals surface area contributed by atoms with Crippen molar-refractivity contribution in [3.8, 4) is 17.2 Å². The first kappa shape index (κ1) is 15.2. The Morgan fingerprint density at radius 1 is 1.22 bits per heavy atom. The Balaban J connectivity index is 1.69. The van der Waals surface area contributed by atoms with Crippen LogP contribution in [0.4, 0.5) is 0 Å². The fourth-order valence-corrected chi connectivity index (χ4v) is 2.60. The molecule has 1 amide bonds. The highest BCUT2D eigenvalue weighted by Gasteiger charge is 2.25. The van der Waals surface area contributed by atoms with Crippen LogP contribution < -0.4 is 9.47 Å². The van der Waals surface area contributed by atoms with E-state index in [1.54, 1.807) is 37.1 Å². The van der Waals surface area contributed by atoms with Gasteiger partial charge in [-0.3, -0.25) is 4.79 Å². The Morgan fingerprint density at radius 3 is 2.74 bits per heavy atom. The van der Waals surface area contributed by atoms with Crippen molar-refractivity contribution in [1.29, 1.82) is 0 Å². The molecule has 1 N–H and O–H groups in total. The van der Waals surface area contributed by atoms with Crippen LogP contribution in [0.3, 0.4) is 0 Å². The smallest absolute Gasteiger partial charge is 0.254 e. The lowest BCUT2D eigenvalue weighted by Crippen LogP contribution is -2.41. The van der Waals surface area contributed by atoms with Gasteiger partial charge in [-0.1, -0.05) is 18.2 Å². The molecule has 23 heavy (non-hydrogen) atoms. The number of nitrogens with zero attached hydrogens (tertiary/aromatic N) is 1. The van der Waals surface area contributed by atoms with Crippen LogP contribution in [-0.2, 0) is 0 Å². The van der Waals surface area contributed by atoms with Crippen LogP contribution >= 0.6 is 0 Å². The fourth-order valence-electron chi connectivity index (χ4n) is 2.60. The van der Waals surface area contributed by atoms with Crippen molar-refractivity contribution in [3.63, 3.8) is 0 Å². The van der Waals surface area contributed by atoms with Gasteiger partial charge in [-0.25, -0.2) is 0 Å². The summed E-state index contributed by atoms with van der Waals surface area (Å²) in [6.45, 7) is 2.53. The van der Waals surface area contributed by atoms with Crippen LogP contribution in [0.2, 0.25) is 0 Å². The average Bonchev–Trinajstić information content (AvgIpc) is 2.56. The van der Waals surface area contributed by atoms with Crippen LogP contribution in [0, 0.1) is 6.92 Å². The largest absolute Gasteiger partial charge is 0.508 e. The molecule has 120 valence electrons. The van der Waals surface area contributed by atoms with E-state index in [0.29, 0.717) is 30.0 Å². The van der Waals surface area contributed by atoms with Crippen LogP contribution in [0.15, 0.2) is 42.5 Å². The minimum atomic E-state index is -0.225. The molecule has 0 aliphatic carbocycles. The van der Waals surface area contributed by atoms with Gasteiger partial charge in [-0.2, -0.15) is 0 Å². The Kier molecular flexibility index (Phi) is 4.10. The zero-order valence-electron chi connectivity index (χ0n) is 13.2. The fraction of sp³-hybridized carbons (Fsp3) is 0.278. The van der Waals surface area contributed by atoms with Crippen molar-refractivity contribution in [2.24, 2.45) is 0 Å². The molecule has 0 saturated heterocycles. The molecular formula is C18H19NO4. The zero-order valence-corrected chi connectivity index (χ0v) is 13.2. The maximum absolute atomic E-state index is 12.6. The van der Waals surface area contributed by atoms with Crippen molar-refractivity contribution in [2.75, 3.05) is 20.2 Å². The summed E-state index contributed by atoms with van der Waals surface area (Å²) in [5.41, 5.74) is 1.07. The third-order valence-corrected chi connectivity index (χ3v) is 3.93. The highest BCUT2D eigenvalue weighted by Crippen LogP contribution is 2.31.